The van der Waals surface area contributed by atoms with Crippen LogP contribution in [0.4, 0.5) is 4.79 Å². The van der Waals surface area contributed by atoms with Gasteiger partial charge in [0.05, 0.1) is 0 Å². The van der Waals surface area contributed by atoms with E-state index in [1.165, 1.54) is 0 Å². The van der Waals surface area contributed by atoms with Gasteiger partial charge in [-0.2, -0.15) is 0 Å². The lowest BCUT2D eigenvalue weighted by molar-refractivity contribution is 0.149. The zero-order valence-electron chi connectivity index (χ0n) is 2.14. The molecule has 34 valence electrons. The van der Waals surface area contributed by atoms with Crippen molar-refractivity contribution < 1.29 is 14.2 Å². The molecule has 5 heteroatoms. The number of hydrogen-bond acceptors (Lipinski definition) is 2. The standard InChI is InChI=1S/CHClO3.Mg.2H/c2-5-1(3)4;;;/h(H,3,4);;;. The van der Waals surface area contributed by atoms with E-state index >= 15 is 0 Å². The summed E-state index contributed by atoms with van der Waals surface area (Å²) in [6.07, 6.45) is -1.48. The van der Waals surface area contributed by atoms with Crippen LogP contribution in [0.5, 0.6) is 0 Å². The van der Waals surface area contributed by atoms with E-state index in [2.05, 4.69) is 16.2 Å². The average molecular weight is 123 g/mol. The molecular formula is CH3ClMgO3. The second-order valence-electron chi connectivity index (χ2n) is 0.343. The van der Waals surface area contributed by atoms with E-state index in [1.54, 1.807) is 0 Å². The fraction of sp³-hybridized carbons (Fsp3) is 0. The van der Waals surface area contributed by atoms with Gasteiger partial charge < -0.3 is 9.40 Å². The maximum absolute atomic E-state index is 9.01. The van der Waals surface area contributed by atoms with Crippen LogP contribution < -0.4 is 0 Å². The fourth-order valence-corrected chi connectivity index (χ4v) is 0. The van der Waals surface area contributed by atoms with E-state index in [1.807, 2.05) is 0 Å². The molecule has 0 heterocycles. The van der Waals surface area contributed by atoms with Crippen molar-refractivity contribution in [2.24, 2.45) is 0 Å². The Kier molecular flexibility index (Phi) is 8.51. The number of rotatable bonds is 0. The van der Waals surface area contributed by atoms with E-state index in [0.29, 0.717) is 0 Å². The molecular weight excluding hydrogens is 120 g/mol. The summed E-state index contributed by atoms with van der Waals surface area (Å²) in [5.41, 5.74) is 0. The summed E-state index contributed by atoms with van der Waals surface area (Å²) in [5.74, 6) is 0. The van der Waals surface area contributed by atoms with Crippen molar-refractivity contribution in [2.75, 3.05) is 0 Å². The Hall–Kier alpha value is 0.326. The first-order valence-electron chi connectivity index (χ1n) is 0.786. The Labute approximate surface area is 55.6 Å². The molecule has 0 bridgehead atoms. The van der Waals surface area contributed by atoms with Gasteiger partial charge in [0.2, 0.25) is 0 Å². The molecule has 0 amide bonds. The Morgan fingerprint density at radius 2 is 2.00 bits per heavy atom. The summed E-state index contributed by atoms with van der Waals surface area (Å²) >= 11 is 4.24. The third kappa shape index (κ3) is 8.85. The van der Waals surface area contributed by atoms with Crippen LogP contribution in [0.15, 0.2) is 0 Å². The minimum absolute atomic E-state index is 0. The second-order valence-corrected chi connectivity index (χ2v) is 0.497. The van der Waals surface area contributed by atoms with Crippen molar-refractivity contribution in [1.82, 2.24) is 0 Å². The molecule has 0 fully saturated rings. The van der Waals surface area contributed by atoms with E-state index in [0.717, 1.165) is 0 Å². The Bertz CT molecular complexity index is 46.1. The molecule has 6 heavy (non-hydrogen) atoms. The first-order chi connectivity index (χ1) is 2.27. The molecule has 0 saturated heterocycles. The number of carboxylic acid groups (broad SMARTS) is 1. The Morgan fingerprint density at radius 3 is 2.00 bits per heavy atom. The van der Waals surface area contributed by atoms with Crippen LogP contribution in [0.1, 0.15) is 0 Å². The molecule has 3 nitrogen and oxygen atoms in total. The monoisotopic (exact) mass is 122 g/mol. The minimum Gasteiger partial charge on any atom is -0.449 e. The molecule has 0 aromatic rings. The lowest BCUT2D eigenvalue weighted by Crippen LogP contribution is -1.85. The molecule has 0 aromatic heterocycles. The average Bonchev–Trinajstić information content (AvgIpc) is 1.38. The molecule has 0 spiro atoms. The van der Waals surface area contributed by atoms with E-state index < -0.39 is 6.16 Å². The van der Waals surface area contributed by atoms with Crippen molar-refractivity contribution in [2.45, 2.75) is 0 Å². The molecule has 0 unspecified atom stereocenters. The zero-order chi connectivity index (χ0) is 4.28. The van der Waals surface area contributed by atoms with Crippen molar-refractivity contribution in [3.8, 4) is 0 Å². The molecule has 0 aliphatic heterocycles. The highest BCUT2D eigenvalue weighted by molar-refractivity contribution is 6.12. The molecule has 0 atom stereocenters. The molecule has 0 saturated carbocycles. The van der Waals surface area contributed by atoms with Gasteiger partial charge in [-0.05, 0) is 0 Å². The third-order valence-corrected chi connectivity index (χ3v) is 0.198. The van der Waals surface area contributed by atoms with Crippen LogP contribution in [-0.2, 0) is 4.29 Å². The van der Waals surface area contributed by atoms with Gasteiger partial charge >= 0.3 is 29.2 Å². The summed E-state index contributed by atoms with van der Waals surface area (Å²) in [6.45, 7) is 0. The summed E-state index contributed by atoms with van der Waals surface area (Å²) in [5, 5.41) is 7.37. The SMILES string of the molecule is O=C(O)OCl.[MgH2]. The quantitative estimate of drug-likeness (QED) is 0.458. The van der Waals surface area contributed by atoms with Crippen molar-refractivity contribution in [3.05, 3.63) is 0 Å². The second kappa shape index (κ2) is 5.33. The minimum atomic E-state index is -1.48. The summed E-state index contributed by atoms with van der Waals surface area (Å²) in [4.78, 5) is 9.01. The largest absolute Gasteiger partial charge is 0.524 e. The summed E-state index contributed by atoms with van der Waals surface area (Å²) in [7, 11) is 0. The Balaban J connectivity index is 0. The van der Waals surface area contributed by atoms with Crippen LogP contribution in [0, 0.1) is 0 Å². The summed E-state index contributed by atoms with van der Waals surface area (Å²) < 4.78 is 3.14. The van der Waals surface area contributed by atoms with Gasteiger partial charge in [0.15, 0.2) is 0 Å². The van der Waals surface area contributed by atoms with Crippen LogP contribution in [0.25, 0.3) is 0 Å². The van der Waals surface area contributed by atoms with Gasteiger partial charge in [-0.25, -0.2) is 4.79 Å². The smallest absolute Gasteiger partial charge is 0.449 e. The van der Waals surface area contributed by atoms with E-state index in [-0.39, 0.29) is 23.1 Å². The van der Waals surface area contributed by atoms with Crippen molar-refractivity contribution >= 4 is 41.1 Å². The van der Waals surface area contributed by atoms with Gasteiger partial charge in [-0.3, -0.25) is 0 Å². The van der Waals surface area contributed by atoms with Crippen molar-refractivity contribution in [1.29, 1.82) is 0 Å². The molecule has 0 rings (SSSR count). The normalized spacial score (nSPS) is 5.50. The van der Waals surface area contributed by atoms with E-state index in [9.17, 15) is 0 Å². The molecule has 0 aromatic carbocycles. The third-order valence-electron chi connectivity index (χ3n) is 0.0660. The lowest BCUT2D eigenvalue weighted by Gasteiger charge is -1.73. The van der Waals surface area contributed by atoms with Gasteiger partial charge in [0, 0.05) is 0 Å². The predicted octanol–water partition coefficient (Wildman–Crippen LogP) is -0.0814. The first-order valence-corrected chi connectivity index (χ1v) is 1.09. The lowest BCUT2D eigenvalue weighted by atomic mass is 11.5. The first kappa shape index (κ1) is 9.59. The van der Waals surface area contributed by atoms with Gasteiger partial charge in [-0.15, -0.1) is 0 Å². The summed E-state index contributed by atoms with van der Waals surface area (Å²) in [6, 6.07) is 0. The number of hydrogen-bond donors (Lipinski definition) is 1. The topological polar surface area (TPSA) is 46.5 Å². The van der Waals surface area contributed by atoms with Gasteiger partial charge in [0.1, 0.15) is 11.9 Å². The highest BCUT2D eigenvalue weighted by Gasteiger charge is 1.84. The maximum Gasteiger partial charge on any atom is 0.524 e. The number of carbonyl (C=O) groups is 1. The number of halogens is 1. The van der Waals surface area contributed by atoms with E-state index in [4.69, 9.17) is 9.90 Å². The van der Waals surface area contributed by atoms with Crippen LogP contribution in [0.2, 0.25) is 0 Å². The van der Waals surface area contributed by atoms with Crippen LogP contribution in [-0.4, -0.2) is 34.3 Å². The maximum atomic E-state index is 9.01. The molecule has 0 radical (unpaired) electrons. The van der Waals surface area contributed by atoms with Crippen LogP contribution in [0.3, 0.4) is 0 Å². The van der Waals surface area contributed by atoms with Gasteiger partial charge in [-0.1, -0.05) is 0 Å². The predicted molar refractivity (Wildman–Crippen MR) is 23.5 cm³/mol. The van der Waals surface area contributed by atoms with Gasteiger partial charge in [0.25, 0.3) is 0 Å². The molecule has 0 aliphatic rings. The highest BCUT2D eigenvalue weighted by Crippen LogP contribution is 1.75. The highest BCUT2D eigenvalue weighted by atomic mass is 35.5. The fourth-order valence-electron chi connectivity index (χ4n) is 0. The zero-order valence-corrected chi connectivity index (χ0v) is 2.90. The molecule has 1 N–H and O–H groups in total. The van der Waals surface area contributed by atoms with Crippen LogP contribution >= 0.6 is 11.9 Å². The van der Waals surface area contributed by atoms with Crippen molar-refractivity contribution in [3.63, 3.8) is 0 Å². The Morgan fingerprint density at radius 1 is 1.83 bits per heavy atom. The molecule has 0 aliphatic carbocycles.